The molecule has 1 aromatic carbocycles. The Morgan fingerprint density at radius 1 is 1.25 bits per heavy atom. The van der Waals surface area contributed by atoms with Gasteiger partial charge in [-0.05, 0) is 19.1 Å². The average Bonchev–Trinajstić information content (AvgIpc) is 2.41. The van der Waals surface area contributed by atoms with Gasteiger partial charge in [0.15, 0.2) is 0 Å². The second-order valence-corrected chi connectivity index (χ2v) is 4.40. The van der Waals surface area contributed by atoms with E-state index in [4.69, 9.17) is 22.1 Å². The van der Waals surface area contributed by atoms with E-state index < -0.39 is 0 Å². The van der Waals surface area contributed by atoms with Gasteiger partial charge in [-0.1, -0.05) is 11.6 Å². The lowest BCUT2D eigenvalue weighted by Crippen LogP contribution is -2.05. The Morgan fingerprint density at radius 3 is 2.70 bits per heavy atom. The fraction of sp³-hybridized carbons (Fsp3) is 0.231. The number of methoxy groups -OCH3 is 1. The van der Waals surface area contributed by atoms with Crippen molar-refractivity contribution >= 4 is 34.9 Å². The monoisotopic (exact) mass is 293 g/mol. The van der Waals surface area contributed by atoms with Crippen LogP contribution in [0.15, 0.2) is 24.3 Å². The predicted molar refractivity (Wildman–Crippen MR) is 81.9 cm³/mol. The van der Waals surface area contributed by atoms with Gasteiger partial charge in [-0.25, -0.2) is 0 Å². The lowest BCUT2D eigenvalue weighted by Gasteiger charge is -2.11. The maximum atomic E-state index is 6.14. The van der Waals surface area contributed by atoms with E-state index in [2.05, 4.69) is 20.6 Å². The van der Waals surface area contributed by atoms with Crippen LogP contribution in [-0.2, 0) is 0 Å². The highest BCUT2D eigenvalue weighted by atomic mass is 35.5. The molecule has 0 aliphatic rings. The third-order valence-electron chi connectivity index (χ3n) is 2.54. The minimum Gasteiger partial charge on any atom is -0.497 e. The van der Waals surface area contributed by atoms with Crippen LogP contribution in [0.25, 0.3) is 0 Å². The lowest BCUT2D eigenvalue weighted by atomic mass is 10.3. The maximum absolute atomic E-state index is 6.14. The Hall–Kier alpha value is -2.21. The minimum absolute atomic E-state index is 0.185. The van der Waals surface area contributed by atoms with E-state index in [0.717, 1.165) is 6.54 Å². The molecule has 0 saturated heterocycles. The number of ether oxygens (including phenoxy) is 1. The summed E-state index contributed by atoms with van der Waals surface area (Å²) < 4.78 is 5.17. The molecule has 0 spiro atoms. The molecule has 7 heteroatoms. The number of aromatic nitrogens is 2. The quantitative estimate of drug-likeness (QED) is 0.786. The number of hydrogen-bond acceptors (Lipinski definition) is 6. The third kappa shape index (κ3) is 3.42. The zero-order valence-corrected chi connectivity index (χ0v) is 12.0. The van der Waals surface area contributed by atoms with Crippen molar-refractivity contribution in [1.82, 2.24) is 9.97 Å². The first-order chi connectivity index (χ1) is 9.62. The fourth-order valence-electron chi connectivity index (χ4n) is 1.67. The zero-order valence-electron chi connectivity index (χ0n) is 11.3. The molecule has 0 amide bonds. The molecule has 2 rings (SSSR count). The van der Waals surface area contributed by atoms with E-state index in [1.807, 2.05) is 6.92 Å². The summed E-state index contributed by atoms with van der Waals surface area (Å²) in [5.74, 6) is 2.10. The SMILES string of the molecule is CCNc1cc(Nc2cc(OC)ccc2Cl)nc(N)n1. The van der Waals surface area contributed by atoms with Crippen molar-refractivity contribution in [2.24, 2.45) is 0 Å². The van der Waals surface area contributed by atoms with E-state index in [-0.39, 0.29) is 5.95 Å². The van der Waals surface area contributed by atoms with E-state index in [1.54, 1.807) is 31.4 Å². The van der Waals surface area contributed by atoms with Gasteiger partial charge in [0, 0.05) is 18.7 Å². The summed E-state index contributed by atoms with van der Waals surface area (Å²) in [6.07, 6.45) is 0. The zero-order chi connectivity index (χ0) is 14.5. The second-order valence-electron chi connectivity index (χ2n) is 4.00. The number of rotatable bonds is 5. The number of nitrogens with one attached hydrogen (secondary N) is 2. The average molecular weight is 294 g/mol. The largest absolute Gasteiger partial charge is 0.497 e. The molecule has 0 saturated carbocycles. The van der Waals surface area contributed by atoms with E-state index in [9.17, 15) is 0 Å². The Bertz CT molecular complexity index is 605. The number of nitrogens with zero attached hydrogens (tertiary/aromatic N) is 2. The van der Waals surface area contributed by atoms with E-state index in [1.165, 1.54) is 0 Å². The summed E-state index contributed by atoms with van der Waals surface area (Å²) >= 11 is 6.14. The number of benzene rings is 1. The van der Waals surface area contributed by atoms with Gasteiger partial charge in [0.2, 0.25) is 5.95 Å². The van der Waals surface area contributed by atoms with Crippen molar-refractivity contribution in [3.05, 3.63) is 29.3 Å². The van der Waals surface area contributed by atoms with Crippen LogP contribution in [0.5, 0.6) is 5.75 Å². The third-order valence-corrected chi connectivity index (χ3v) is 2.87. The fourth-order valence-corrected chi connectivity index (χ4v) is 1.83. The Balaban J connectivity index is 2.29. The van der Waals surface area contributed by atoms with Crippen molar-refractivity contribution in [3.63, 3.8) is 0 Å². The summed E-state index contributed by atoms with van der Waals surface area (Å²) in [5, 5.41) is 6.75. The molecule has 0 atom stereocenters. The van der Waals surface area contributed by atoms with Gasteiger partial charge in [-0.3, -0.25) is 0 Å². The Labute approximate surface area is 122 Å². The van der Waals surface area contributed by atoms with Crippen LogP contribution >= 0.6 is 11.6 Å². The van der Waals surface area contributed by atoms with Gasteiger partial charge in [0.05, 0.1) is 17.8 Å². The summed E-state index contributed by atoms with van der Waals surface area (Å²) in [6, 6.07) is 7.08. The molecule has 106 valence electrons. The van der Waals surface area contributed by atoms with Crippen LogP contribution in [0, 0.1) is 0 Å². The first-order valence-corrected chi connectivity index (χ1v) is 6.49. The van der Waals surface area contributed by atoms with Gasteiger partial charge >= 0.3 is 0 Å². The van der Waals surface area contributed by atoms with Crippen LogP contribution in [-0.4, -0.2) is 23.6 Å². The summed E-state index contributed by atoms with van der Waals surface area (Å²) in [7, 11) is 1.60. The molecule has 0 radical (unpaired) electrons. The molecule has 2 aromatic rings. The van der Waals surface area contributed by atoms with Gasteiger partial charge < -0.3 is 21.1 Å². The van der Waals surface area contributed by atoms with Gasteiger partial charge in [-0.15, -0.1) is 0 Å². The molecule has 0 fully saturated rings. The van der Waals surface area contributed by atoms with Crippen molar-refractivity contribution in [3.8, 4) is 5.75 Å². The van der Waals surface area contributed by atoms with E-state index in [0.29, 0.717) is 28.1 Å². The number of nitrogen functional groups attached to an aromatic ring is 1. The van der Waals surface area contributed by atoms with Crippen molar-refractivity contribution in [2.45, 2.75) is 6.92 Å². The molecule has 4 N–H and O–H groups in total. The summed E-state index contributed by atoms with van der Waals surface area (Å²) in [6.45, 7) is 2.72. The Kier molecular flexibility index (Phi) is 4.47. The summed E-state index contributed by atoms with van der Waals surface area (Å²) in [4.78, 5) is 8.20. The van der Waals surface area contributed by atoms with Crippen LogP contribution in [0.3, 0.4) is 0 Å². The molecule has 0 unspecified atom stereocenters. The van der Waals surface area contributed by atoms with Gasteiger partial charge in [-0.2, -0.15) is 9.97 Å². The van der Waals surface area contributed by atoms with Crippen molar-refractivity contribution in [1.29, 1.82) is 0 Å². The number of halogens is 1. The highest BCUT2D eigenvalue weighted by Crippen LogP contribution is 2.29. The molecule has 20 heavy (non-hydrogen) atoms. The van der Waals surface area contributed by atoms with Crippen LogP contribution < -0.4 is 21.1 Å². The minimum atomic E-state index is 0.185. The van der Waals surface area contributed by atoms with Crippen molar-refractivity contribution < 1.29 is 4.74 Å². The number of anilines is 4. The normalized spacial score (nSPS) is 10.2. The van der Waals surface area contributed by atoms with Gasteiger partial charge in [0.1, 0.15) is 17.4 Å². The molecular formula is C13H16ClN5O. The molecular weight excluding hydrogens is 278 g/mol. The summed E-state index contributed by atoms with van der Waals surface area (Å²) in [5.41, 5.74) is 6.36. The van der Waals surface area contributed by atoms with Crippen molar-refractivity contribution in [2.75, 3.05) is 30.0 Å². The molecule has 0 aliphatic heterocycles. The van der Waals surface area contributed by atoms with Crippen LogP contribution in [0.2, 0.25) is 5.02 Å². The molecule has 0 aliphatic carbocycles. The number of nitrogens with two attached hydrogens (primary N) is 1. The standard InChI is InChI=1S/C13H16ClN5O/c1-3-16-11-7-12(19-13(15)18-11)17-10-6-8(20-2)4-5-9(10)14/h4-7H,3H2,1-2H3,(H4,15,16,17,18,19). The second kappa shape index (κ2) is 6.29. The maximum Gasteiger partial charge on any atom is 0.223 e. The molecule has 0 bridgehead atoms. The molecule has 1 heterocycles. The van der Waals surface area contributed by atoms with Crippen LogP contribution in [0.1, 0.15) is 6.92 Å². The van der Waals surface area contributed by atoms with Gasteiger partial charge in [0.25, 0.3) is 0 Å². The highest BCUT2D eigenvalue weighted by Gasteiger charge is 2.06. The lowest BCUT2D eigenvalue weighted by molar-refractivity contribution is 0.415. The first-order valence-electron chi connectivity index (χ1n) is 6.11. The Morgan fingerprint density at radius 2 is 2.00 bits per heavy atom. The highest BCUT2D eigenvalue weighted by molar-refractivity contribution is 6.33. The predicted octanol–water partition coefficient (Wildman–Crippen LogP) is 2.90. The molecule has 6 nitrogen and oxygen atoms in total. The molecule has 1 aromatic heterocycles. The van der Waals surface area contributed by atoms with E-state index >= 15 is 0 Å². The smallest absolute Gasteiger partial charge is 0.223 e. The number of hydrogen-bond donors (Lipinski definition) is 3. The van der Waals surface area contributed by atoms with Crippen LogP contribution in [0.4, 0.5) is 23.3 Å². The topological polar surface area (TPSA) is 85.1 Å². The first kappa shape index (κ1) is 14.2.